The van der Waals surface area contributed by atoms with Gasteiger partial charge >= 0.3 is 12.4 Å². The van der Waals surface area contributed by atoms with Gasteiger partial charge in [0.15, 0.2) is 0 Å². The lowest BCUT2D eigenvalue weighted by atomic mass is 9.99. The van der Waals surface area contributed by atoms with Gasteiger partial charge in [-0.1, -0.05) is 18.2 Å². The van der Waals surface area contributed by atoms with Crippen molar-refractivity contribution in [1.82, 2.24) is 10.3 Å². The molecule has 1 amide bonds. The zero-order valence-corrected chi connectivity index (χ0v) is 19.1. The van der Waals surface area contributed by atoms with Crippen LogP contribution in [0, 0.1) is 5.82 Å². The molecule has 0 bridgehead atoms. The number of nitrogens with one attached hydrogen (secondary N) is 1. The first-order chi connectivity index (χ1) is 17.4. The van der Waals surface area contributed by atoms with Gasteiger partial charge in [0.2, 0.25) is 5.91 Å². The Labute approximate surface area is 207 Å². The van der Waals surface area contributed by atoms with Crippen molar-refractivity contribution >= 4 is 12.0 Å². The summed E-state index contributed by atoms with van der Waals surface area (Å²) in [6.07, 6.45) is -4.00. The van der Waals surface area contributed by atoms with Crippen LogP contribution in [-0.2, 0) is 28.5 Å². The summed E-state index contributed by atoms with van der Waals surface area (Å²) in [6.45, 7) is -0.701. The number of aromatic nitrogens is 1. The zero-order valence-electron chi connectivity index (χ0n) is 19.1. The SMILES string of the molecule is O=C(/C=C/c1cccnc1)NCC(COCc1cc(C(F)(F)F)cc(C(F)(F)F)c1)c1ccc(F)cc1. The van der Waals surface area contributed by atoms with Gasteiger partial charge in [-0.25, -0.2) is 4.39 Å². The van der Waals surface area contributed by atoms with Crippen LogP contribution in [0.5, 0.6) is 0 Å². The molecule has 0 saturated carbocycles. The van der Waals surface area contributed by atoms with E-state index in [0.717, 1.165) is 0 Å². The number of ether oxygens (including phenoxy) is 1. The minimum atomic E-state index is -4.97. The highest BCUT2D eigenvalue weighted by Crippen LogP contribution is 2.36. The predicted octanol–water partition coefficient (Wildman–Crippen LogP) is 6.39. The van der Waals surface area contributed by atoms with Crippen LogP contribution in [0.1, 0.15) is 33.7 Å². The molecule has 0 aliphatic carbocycles. The van der Waals surface area contributed by atoms with Crippen molar-refractivity contribution in [1.29, 1.82) is 0 Å². The summed E-state index contributed by atoms with van der Waals surface area (Å²) in [7, 11) is 0. The third kappa shape index (κ3) is 8.71. The largest absolute Gasteiger partial charge is 0.416 e. The molecule has 3 aromatic rings. The van der Waals surface area contributed by atoms with E-state index in [1.165, 1.54) is 36.4 Å². The Kier molecular flexibility index (Phi) is 9.04. The zero-order chi connectivity index (χ0) is 27.1. The van der Waals surface area contributed by atoms with Crippen LogP contribution < -0.4 is 5.32 Å². The van der Waals surface area contributed by atoms with Crippen molar-refractivity contribution in [3.05, 3.63) is 107 Å². The standard InChI is InChI=1S/C26H21F7N2O2/c27-23-6-4-19(5-7-23)20(14-35-24(36)8-3-17-2-1-9-34-13-17)16-37-15-18-10-21(25(28,29)30)12-22(11-18)26(31,32)33/h1-13,20H,14-16H2,(H,35,36)/b8-3+. The van der Waals surface area contributed by atoms with Crippen LogP contribution in [0.2, 0.25) is 0 Å². The lowest BCUT2D eigenvalue weighted by Crippen LogP contribution is -2.29. The fourth-order valence-corrected chi connectivity index (χ4v) is 3.36. The summed E-state index contributed by atoms with van der Waals surface area (Å²) in [5.41, 5.74) is -1.95. The van der Waals surface area contributed by atoms with Gasteiger partial charge in [-0.15, -0.1) is 0 Å². The molecule has 1 heterocycles. The summed E-state index contributed by atoms with van der Waals surface area (Å²) < 4.78 is 97.4. The number of amides is 1. The molecule has 1 unspecified atom stereocenters. The van der Waals surface area contributed by atoms with Gasteiger partial charge in [-0.3, -0.25) is 9.78 Å². The van der Waals surface area contributed by atoms with Gasteiger partial charge in [-0.2, -0.15) is 26.3 Å². The molecule has 2 aromatic carbocycles. The number of carbonyl (C=O) groups is 1. The number of benzene rings is 2. The van der Waals surface area contributed by atoms with Crippen molar-refractivity contribution in [2.45, 2.75) is 24.9 Å². The van der Waals surface area contributed by atoms with Crippen LogP contribution in [0.3, 0.4) is 0 Å². The molecule has 1 aromatic heterocycles. The van der Waals surface area contributed by atoms with Crippen molar-refractivity contribution in [3.8, 4) is 0 Å². The first kappa shape index (κ1) is 27.9. The maximum absolute atomic E-state index is 13.4. The van der Waals surface area contributed by atoms with E-state index in [2.05, 4.69) is 10.3 Å². The maximum Gasteiger partial charge on any atom is 0.416 e. The number of carbonyl (C=O) groups excluding carboxylic acids is 1. The molecule has 0 aliphatic heterocycles. The topological polar surface area (TPSA) is 51.2 Å². The molecular formula is C26H21F7N2O2. The number of pyridine rings is 1. The highest BCUT2D eigenvalue weighted by atomic mass is 19.4. The number of nitrogens with zero attached hydrogens (tertiary/aromatic N) is 1. The maximum atomic E-state index is 13.4. The second kappa shape index (κ2) is 12.0. The number of halogens is 7. The van der Waals surface area contributed by atoms with Crippen LogP contribution in [0.15, 0.2) is 73.1 Å². The monoisotopic (exact) mass is 526 g/mol. The second-order valence-electron chi connectivity index (χ2n) is 8.04. The molecule has 0 radical (unpaired) electrons. The average Bonchev–Trinajstić information content (AvgIpc) is 2.85. The van der Waals surface area contributed by atoms with E-state index in [1.54, 1.807) is 24.5 Å². The number of hydrogen-bond acceptors (Lipinski definition) is 3. The Morgan fingerprint density at radius 1 is 0.973 bits per heavy atom. The van der Waals surface area contributed by atoms with Crippen LogP contribution in [0.4, 0.5) is 30.7 Å². The van der Waals surface area contributed by atoms with Gasteiger partial charge in [0.05, 0.1) is 24.3 Å². The molecule has 11 heteroatoms. The number of alkyl halides is 6. The van der Waals surface area contributed by atoms with Gasteiger partial charge in [0.25, 0.3) is 0 Å². The molecule has 0 saturated heterocycles. The van der Waals surface area contributed by atoms with E-state index in [4.69, 9.17) is 4.74 Å². The van der Waals surface area contributed by atoms with Gasteiger partial charge in [0, 0.05) is 30.9 Å². The summed E-state index contributed by atoms with van der Waals surface area (Å²) in [5.74, 6) is -1.52. The summed E-state index contributed by atoms with van der Waals surface area (Å²) >= 11 is 0. The lowest BCUT2D eigenvalue weighted by Gasteiger charge is -2.19. The van der Waals surface area contributed by atoms with E-state index < -0.39 is 47.7 Å². The molecule has 4 nitrogen and oxygen atoms in total. The van der Waals surface area contributed by atoms with Gasteiger partial charge in [0.1, 0.15) is 5.82 Å². The van der Waals surface area contributed by atoms with E-state index in [1.807, 2.05) is 0 Å². The second-order valence-corrected chi connectivity index (χ2v) is 8.04. The summed E-state index contributed by atoms with van der Waals surface area (Å²) in [5, 5.41) is 2.66. The first-order valence-corrected chi connectivity index (χ1v) is 10.9. The summed E-state index contributed by atoms with van der Waals surface area (Å²) in [4.78, 5) is 16.2. The Morgan fingerprint density at radius 3 is 2.19 bits per heavy atom. The third-order valence-electron chi connectivity index (χ3n) is 5.21. The van der Waals surface area contributed by atoms with E-state index in [9.17, 15) is 35.5 Å². The molecular weight excluding hydrogens is 505 g/mol. The van der Waals surface area contributed by atoms with Crippen LogP contribution >= 0.6 is 0 Å². The normalized spacial score (nSPS) is 13.1. The lowest BCUT2D eigenvalue weighted by molar-refractivity contribution is -0.143. The van der Waals surface area contributed by atoms with Crippen LogP contribution in [-0.4, -0.2) is 24.0 Å². The summed E-state index contributed by atoms with van der Waals surface area (Å²) in [6, 6.07) is 9.94. The molecule has 0 spiro atoms. The fourth-order valence-electron chi connectivity index (χ4n) is 3.36. The van der Waals surface area contributed by atoms with Crippen molar-refractivity contribution < 1.29 is 40.3 Å². The molecule has 3 rings (SSSR count). The number of hydrogen-bond donors (Lipinski definition) is 1. The fraction of sp³-hybridized carbons (Fsp3) is 0.231. The molecule has 37 heavy (non-hydrogen) atoms. The Hall–Kier alpha value is -3.73. The molecule has 196 valence electrons. The predicted molar refractivity (Wildman–Crippen MR) is 122 cm³/mol. The third-order valence-corrected chi connectivity index (χ3v) is 5.21. The Balaban J connectivity index is 1.70. The van der Waals surface area contributed by atoms with E-state index in [0.29, 0.717) is 23.3 Å². The van der Waals surface area contributed by atoms with Crippen molar-refractivity contribution in [3.63, 3.8) is 0 Å². The van der Waals surface area contributed by atoms with Crippen molar-refractivity contribution in [2.24, 2.45) is 0 Å². The quantitative estimate of drug-likeness (QED) is 0.260. The minimum absolute atomic E-state index is 0.0121. The van der Waals surface area contributed by atoms with E-state index in [-0.39, 0.29) is 24.8 Å². The Bertz CT molecular complexity index is 1180. The highest BCUT2D eigenvalue weighted by molar-refractivity contribution is 5.91. The molecule has 1 atom stereocenters. The minimum Gasteiger partial charge on any atom is -0.376 e. The molecule has 0 aliphatic rings. The van der Waals surface area contributed by atoms with Gasteiger partial charge in [-0.05, 0) is 59.2 Å². The number of rotatable bonds is 9. The molecule has 1 N–H and O–H groups in total. The Morgan fingerprint density at radius 2 is 1.62 bits per heavy atom. The highest BCUT2D eigenvalue weighted by Gasteiger charge is 2.36. The van der Waals surface area contributed by atoms with Crippen LogP contribution in [0.25, 0.3) is 6.08 Å². The van der Waals surface area contributed by atoms with E-state index >= 15 is 0 Å². The smallest absolute Gasteiger partial charge is 0.376 e. The van der Waals surface area contributed by atoms with Gasteiger partial charge < -0.3 is 10.1 Å². The average molecular weight is 526 g/mol. The molecule has 0 fully saturated rings. The first-order valence-electron chi connectivity index (χ1n) is 10.9. The van der Waals surface area contributed by atoms with Crippen molar-refractivity contribution in [2.75, 3.05) is 13.2 Å².